The zero-order valence-corrected chi connectivity index (χ0v) is 10.8. The summed E-state index contributed by atoms with van der Waals surface area (Å²) in [5, 5.41) is 13.0. The lowest BCUT2D eigenvalue weighted by Gasteiger charge is -2.39. The molecule has 0 unspecified atom stereocenters. The Bertz CT molecular complexity index is 511. The number of carbonyl (C=O) groups is 1. The van der Waals surface area contributed by atoms with Gasteiger partial charge in [-0.25, -0.2) is 0 Å². The van der Waals surface area contributed by atoms with Gasteiger partial charge in [0.1, 0.15) is 6.07 Å². The van der Waals surface area contributed by atoms with Gasteiger partial charge in [0.25, 0.3) is 0 Å². The number of amides is 1. The summed E-state index contributed by atoms with van der Waals surface area (Å²) in [6.45, 7) is 4.60. The van der Waals surface area contributed by atoms with Gasteiger partial charge in [0.2, 0.25) is 5.91 Å². The molecule has 0 aromatic carbocycles. The largest absolute Gasteiger partial charge is 0.341 e. The normalized spacial score (nSPS) is 20.6. The maximum atomic E-state index is 11.5. The van der Waals surface area contributed by atoms with Gasteiger partial charge in [-0.15, -0.1) is 0 Å². The first kappa shape index (κ1) is 12.2. The molecule has 0 N–H and O–H groups in total. The number of carbonyl (C=O) groups excluding carboxylic acids is 1. The van der Waals surface area contributed by atoms with Crippen molar-refractivity contribution in [3.8, 4) is 6.07 Å². The Balaban J connectivity index is 1.43. The molecule has 0 spiro atoms. The lowest BCUT2D eigenvalue weighted by Crippen LogP contribution is -2.50. The Morgan fingerprint density at radius 2 is 2.26 bits per heavy atom. The maximum Gasteiger partial charge on any atom is 0.222 e. The van der Waals surface area contributed by atoms with E-state index in [1.165, 1.54) is 0 Å². The van der Waals surface area contributed by atoms with E-state index in [4.69, 9.17) is 5.26 Å². The van der Waals surface area contributed by atoms with Crippen molar-refractivity contribution in [2.24, 2.45) is 0 Å². The van der Waals surface area contributed by atoms with Crippen LogP contribution in [0.3, 0.4) is 0 Å². The predicted octanol–water partition coefficient (Wildman–Crippen LogP) is 0.234. The molecular formula is C13H17N5O. The molecular weight excluding hydrogens is 242 g/mol. The molecule has 0 saturated carbocycles. The van der Waals surface area contributed by atoms with Gasteiger partial charge < -0.3 is 4.90 Å². The van der Waals surface area contributed by atoms with Crippen LogP contribution >= 0.6 is 0 Å². The molecule has 2 aliphatic heterocycles. The minimum Gasteiger partial charge on any atom is -0.341 e. The Morgan fingerprint density at radius 3 is 2.89 bits per heavy atom. The van der Waals surface area contributed by atoms with E-state index >= 15 is 0 Å². The summed E-state index contributed by atoms with van der Waals surface area (Å²) in [4.78, 5) is 15.8. The summed E-state index contributed by atoms with van der Waals surface area (Å²) in [5.41, 5.74) is 0.612. The van der Waals surface area contributed by atoms with E-state index in [2.05, 4.69) is 16.1 Å². The number of aromatic nitrogens is 2. The minimum atomic E-state index is 0.294. The van der Waals surface area contributed by atoms with Crippen LogP contribution in [-0.4, -0.2) is 58.2 Å². The third kappa shape index (κ3) is 2.47. The molecule has 1 amide bonds. The molecule has 1 aromatic heterocycles. The predicted molar refractivity (Wildman–Crippen MR) is 68.2 cm³/mol. The third-order valence-corrected chi connectivity index (χ3v) is 3.90. The quantitative estimate of drug-likeness (QED) is 0.776. The fourth-order valence-electron chi connectivity index (χ4n) is 2.69. The van der Waals surface area contributed by atoms with Crippen molar-refractivity contribution in [3.05, 3.63) is 18.0 Å². The zero-order valence-electron chi connectivity index (χ0n) is 10.8. The highest BCUT2D eigenvalue weighted by molar-refractivity contribution is 5.78. The number of hydrogen-bond acceptors (Lipinski definition) is 4. The average Bonchev–Trinajstić information content (AvgIpc) is 2.97. The SMILES string of the molecule is N#Cc1cnn(C2CN(CCN3CCCC3=O)C2)c1. The first-order chi connectivity index (χ1) is 9.26. The van der Waals surface area contributed by atoms with Gasteiger partial charge in [0.15, 0.2) is 0 Å². The number of rotatable bonds is 4. The fraction of sp³-hybridized carbons (Fsp3) is 0.615. The minimum absolute atomic E-state index is 0.294. The fourth-order valence-corrected chi connectivity index (χ4v) is 2.69. The van der Waals surface area contributed by atoms with Gasteiger partial charge in [-0.2, -0.15) is 10.4 Å². The second-order valence-electron chi connectivity index (χ2n) is 5.22. The van der Waals surface area contributed by atoms with Crippen LogP contribution in [0, 0.1) is 11.3 Å². The van der Waals surface area contributed by atoms with Gasteiger partial charge in [0.05, 0.1) is 17.8 Å². The van der Waals surface area contributed by atoms with Crippen molar-refractivity contribution >= 4 is 5.91 Å². The third-order valence-electron chi connectivity index (χ3n) is 3.90. The van der Waals surface area contributed by atoms with E-state index in [0.717, 1.165) is 39.1 Å². The lowest BCUT2D eigenvalue weighted by atomic mass is 10.1. The molecule has 2 saturated heterocycles. The van der Waals surface area contributed by atoms with Crippen LogP contribution in [0.5, 0.6) is 0 Å². The smallest absolute Gasteiger partial charge is 0.222 e. The highest BCUT2D eigenvalue weighted by atomic mass is 16.2. The monoisotopic (exact) mass is 259 g/mol. The molecule has 100 valence electrons. The molecule has 3 heterocycles. The summed E-state index contributed by atoms with van der Waals surface area (Å²) in [6.07, 6.45) is 5.12. The van der Waals surface area contributed by atoms with Crippen LogP contribution in [0.2, 0.25) is 0 Å². The molecule has 6 heteroatoms. The number of nitriles is 1. The summed E-state index contributed by atoms with van der Waals surface area (Å²) >= 11 is 0. The van der Waals surface area contributed by atoms with E-state index in [0.29, 0.717) is 23.9 Å². The van der Waals surface area contributed by atoms with Crippen molar-refractivity contribution in [2.75, 3.05) is 32.7 Å². The van der Waals surface area contributed by atoms with E-state index in [1.807, 2.05) is 9.58 Å². The molecule has 2 aliphatic rings. The molecule has 0 radical (unpaired) electrons. The first-order valence-corrected chi connectivity index (χ1v) is 6.70. The van der Waals surface area contributed by atoms with Crippen molar-refractivity contribution in [3.63, 3.8) is 0 Å². The Kier molecular flexibility index (Phi) is 3.22. The highest BCUT2D eigenvalue weighted by Crippen LogP contribution is 2.20. The van der Waals surface area contributed by atoms with E-state index in [1.54, 1.807) is 12.4 Å². The van der Waals surface area contributed by atoms with Crippen LogP contribution in [0.4, 0.5) is 0 Å². The van der Waals surface area contributed by atoms with Crippen LogP contribution in [0.15, 0.2) is 12.4 Å². The zero-order chi connectivity index (χ0) is 13.2. The van der Waals surface area contributed by atoms with Crippen molar-refractivity contribution in [2.45, 2.75) is 18.9 Å². The summed E-state index contributed by atoms with van der Waals surface area (Å²) in [5.74, 6) is 0.294. The Morgan fingerprint density at radius 1 is 1.42 bits per heavy atom. The van der Waals surface area contributed by atoms with E-state index in [9.17, 15) is 4.79 Å². The highest BCUT2D eigenvalue weighted by Gasteiger charge is 2.29. The van der Waals surface area contributed by atoms with E-state index in [-0.39, 0.29) is 0 Å². The van der Waals surface area contributed by atoms with Gasteiger partial charge in [0, 0.05) is 45.3 Å². The van der Waals surface area contributed by atoms with Crippen LogP contribution in [0.25, 0.3) is 0 Å². The lowest BCUT2D eigenvalue weighted by molar-refractivity contribution is -0.128. The molecule has 19 heavy (non-hydrogen) atoms. The molecule has 1 aromatic rings. The molecule has 0 bridgehead atoms. The maximum absolute atomic E-state index is 11.5. The van der Waals surface area contributed by atoms with Crippen molar-refractivity contribution in [1.82, 2.24) is 19.6 Å². The van der Waals surface area contributed by atoms with Gasteiger partial charge in [-0.05, 0) is 6.42 Å². The number of hydrogen-bond donors (Lipinski definition) is 0. The summed E-state index contributed by atoms with van der Waals surface area (Å²) in [7, 11) is 0. The van der Waals surface area contributed by atoms with Gasteiger partial charge in [-0.1, -0.05) is 0 Å². The molecule has 0 atom stereocenters. The standard InChI is InChI=1S/C13H17N5O/c14-6-11-7-15-18(8-11)12-9-16(10-12)4-5-17-3-1-2-13(17)19/h7-8,12H,1-5,9-10H2. The summed E-state index contributed by atoms with van der Waals surface area (Å²) in [6, 6.07) is 2.46. The molecule has 6 nitrogen and oxygen atoms in total. The molecule has 3 rings (SSSR count). The van der Waals surface area contributed by atoms with Crippen LogP contribution in [-0.2, 0) is 4.79 Å². The Hall–Kier alpha value is -1.87. The van der Waals surface area contributed by atoms with Crippen LogP contribution < -0.4 is 0 Å². The topological polar surface area (TPSA) is 65.2 Å². The Labute approximate surface area is 112 Å². The van der Waals surface area contributed by atoms with Gasteiger partial charge >= 0.3 is 0 Å². The second-order valence-corrected chi connectivity index (χ2v) is 5.22. The molecule has 2 fully saturated rings. The average molecular weight is 259 g/mol. The van der Waals surface area contributed by atoms with Gasteiger partial charge in [-0.3, -0.25) is 14.4 Å². The molecule has 0 aliphatic carbocycles. The van der Waals surface area contributed by atoms with E-state index < -0.39 is 0 Å². The van der Waals surface area contributed by atoms with Crippen LogP contribution in [0.1, 0.15) is 24.4 Å². The van der Waals surface area contributed by atoms with Crippen molar-refractivity contribution in [1.29, 1.82) is 5.26 Å². The second kappa shape index (κ2) is 5.02. The van der Waals surface area contributed by atoms with Crippen molar-refractivity contribution < 1.29 is 4.79 Å². The first-order valence-electron chi connectivity index (χ1n) is 6.70. The summed E-state index contributed by atoms with van der Waals surface area (Å²) < 4.78 is 1.87. The number of likely N-dealkylation sites (tertiary alicyclic amines) is 2. The number of nitrogens with zero attached hydrogens (tertiary/aromatic N) is 5.